The molecule has 0 saturated heterocycles. The van der Waals surface area contributed by atoms with Crippen LogP contribution in [0.3, 0.4) is 0 Å². The van der Waals surface area contributed by atoms with Gasteiger partial charge >= 0.3 is 5.97 Å². The Balaban J connectivity index is 2.08. The fraction of sp³-hybridized carbons (Fsp3) is 0.286. The lowest BCUT2D eigenvalue weighted by Gasteiger charge is -2.25. The van der Waals surface area contributed by atoms with Crippen molar-refractivity contribution in [2.75, 3.05) is 7.05 Å². The topological polar surface area (TPSA) is 88.3 Å². The fourth-order valence-corrected chi connectivity index (χ4v) is 2.24. The summed E-state index contributed by atoms with van der Waals surface area (Å²) in [6.45, 7) is 1.74. The van der Waals surface area contributed by atoms with E-state index in [4.69, 9.17) is 28.3 Å². The molecule has 1 N–H and O–H groups in total. The molecule has 0 bridgehead atoms. The number of hydrogen-bond acceptors (Lipinski definition) is 4. The minimum atomic E-state index is -1.19. The molecule has 0 aliphatic rings. The van der Waals surface area contributed by atoms with Gasteiger partial charge in [0, 0.05) is 7.05 Å². The summed E-state index contributed by atoms with van der Waals surface area (Å²) in [7, 11) is 1.64. The molecule has 0 fully saturated rings. The molecular weight excluding hydrogens is 343 g/mol. The number of aromatic nitrogens is 3. The second-order valence-electron chi connectivity index (χ2n) is 4.96. The van der Waals surface area contributed by atoms with Crippen LogP contribution in [0.5, 0.6) is 0 Å². The molecule has 0 aliphatic heterocycles. The summed E-state index contributed by atoms with van der Waals surface area (Å²) < 4.78 is 1.18. The summed E-state index contributed by atoms with van der Waals surface area (Å²) in [5.41, 5.74) is 0.623. The van der Waals surface area contributed by atoms with Gasteiger partial charge in [0.1, 0.15) is 6.54 Å². The van der Waals surface area contributed by atoms with Crippen LogP contribution in [0.25, 0.3) is 0 Å². The van der Waals surface area contributed by atoms with Crippen molar-refractivity contribution >= 4 is 35.1 Å². The van der Waals surface area contributed by atoms with E-state index in [0.717, 1.165) is 5.56 Å². The zero-order valence-electron chi connectivity index (χ0n) is 12.4. The van der Waals surface area contributed by atoms with E-state index in [1.165, 1.54) is 15.8 Å². The maximum Gasteiger partial charge on any atom is 0.358 e. The van der Waals surface area contributed by atoms with Crippen LogP contribution >= 0.6 is 23.2 Å². The molecule has 2 rings (SSSR count). The molecule has 1 amide bonds. The third-order valence-corrected chi connectivity index (χ3v) is 4.19. The number of likely N-dealkylation sites (N-methyl/N-ethyl adjacent to an activating group) is 1. The predicted molar refractivity (Wildman–Crippen MR) is 84.6 cm³/mol. The Hall–Kier alpha value is -2.12. The Morgan fingerprint density at radius 1 is 1.35 bits per heavy atom. The van der Waals surface area contributed by atoms with Crippen molar-refractivity contribution in [1.82, 2.24) is 19.9 Å². The summed E-state index contributed by atoms with van der Waals surface area (Å²) >= 11 is 11.9. The van der Waals surface area contributed by atoms with Crippen LogP contribution in [0.15, 0.2) is 24.4 Å². The Morgan fingerprint density at radius 2 is 2.04 bits per heavy atom. The number of rotatable bonds is 5. The van der Waals surface area contributed by atoms with Gasteiger partial charge in [0.25, 0.3) is 0 Å². The van der Waals surface area contributed by atoms with Gasteiger partial charge in [-0.15, -0.1) is 5.10 Å². The number of carboxylic acid groups (broad SMARTS) is 1. The number of carbonyl (C=O) groups is 2. The van der Waals surface area contributed by atoms with Crippen molar-refractivity contribution in [3.63, 3.8) is 0 Å². The summed E-state index contributed by atoms with van der Waals surface area (Å²) in [4.78, 5) is 24.6. The van der Waals surface area contributed by atoms with Crippen LogP contribution in [-0.4, -0.2) is 43.9 Å². The van der Waals surface area contributed by atoms with Crippen LogP contribution in [-0.2, 0) is 11.3 Å². The fourth-order valence-electron chi connectivity index (χ4n) is 1.94. The first-order valence-corrected chi connectivity index (χ1v) is 7.39. The van der Waals surface area contributed by atoms with E-state index in [9.17, 15) is 9.59 Å². The number of nitrogens with zero attached hydrogens (tertiary/aromatic N) is 4. The van der Waals surface area contributed by atoms with E-state index in [2.05, 4.69) is 10.3 Å². The van der Waals surface area contributed by atoms with Gasteiger partial charge in [0.05, 0.1) is 22.3 Å². The molecule has 0 radical (unpaired) electrons. The largest absolute Gasteiger partial charge is 0.476 e. The van der Waals surface area contributed by atoms with E-state index in [1.54, 1.807) is 25.2 Å². The molecule has 0 spiro atoms. The summed E-state index contributed by atoms with van der Waals surface area (Å²) in [6, 6.07) is 4.93. The lowest BCUT2D eigenvalue weighted by Crippen LogP contribution is -2.32. The number of benzene rings is 1. The Kier molecular flexibility index (Phi) is 5.23. The van der Waals surface area contributed by atoms with Gasteiger partial charge in [-0.2, -0.15) is 0 Å². The second-order valence-corrected chi connectivity index (χ2v) is 5.78. The van der Waals surface area contributed by atoms with Crippen molar-refractivity contribution < 1.29 is 14.7 Å². The number of aromatic carboxylic acids is 1. The standard InChI is InChI=1S/C14H14Cl2N4O3/c1-8(9-3-4-10(15)11(16)5-9)19(2)13(21)7-20-6-12(14(22)23)17-18-20/h3-6,8H,7H2,1-2H3,(H,22,23). The van der Waals surface area contributed by atoms with Crippen LogP contribution < -0.4 is 0 Å². The summed E-state index contributed by atoms with van der Waals surface area (Å²) in [5, 5.41) is 16.7. The van der Waals surface area contributed by atoms with E-state index >= 15 is 0 Å². The molecule has 122 valence electrons. The van der Waals surface area contributed by atoms with E-state index < -0.39 is 5.97 Å². The minimum absolute atomic E-state index is 0.109. The molecule has 1 heterocycles. The first-order valence-electron chi connectivity index (χ1n) is 6.63. The van der Waals surface area contributed by atoms with E-state index in [1.807, 2.05) is 6.92 Å². The van der Waals surface area contributed by atoms with Gasteiger partial charge in [0.2, 0.25) is 5.91 Å². The number of carbonyl (C=O) groups excluding carboxylic acids is 1. The lowest BCUT2D eigenvalue weighted by atomic mass is 10.1. The zero-order valence-corrected chi connectivity index (χ0v) is 13.9. The normalized spacial score (nSPS) is 12.0. The van der Waals surface area contributed by atoms with Crippen molar-refractivity contribution in [1.29, 1.82) is 0 Å². The third kappa shape index (κ3) is 4.00. The minimum Gasteiger partial charge on any atom is -0.476 e. The van der Waals surface area contributed by atoms with Gasteiger partial charge in [-0.05, 0) is 24.6 Å². The quantitative estimate of drug-likeness (QED) is 0.888. The molecule has 0 saturated carbocycles. The molecule has 2 aromatic rings. The zero-order chi connectivity index (χ0) is 17.1. The summed E-state index contributed by atoms with van der Waals surface area (Å²) in [5.74, 6) is -1.44. The van der Waals surface area contributed by atoms with Gasteiger partial charge in [-0.25, -0.2) is 9.48 Å². The highest BCUT2D eigenvalue weighted by atomic mass is 35.5. The van der Waals surface area contributed by atoms with Gasteiger partial charge < -0.3 is 10.0 Å². The highest BCUT2D eigenvalue weighted by molar-refractivity contribution is 6.42. The monoisotopic (exact) mass is 356 g/mol. The Morgan fingerprint density at radius 3 is 2.61 bits per heavy atom. The molecule has 1 unspecified atom stereocenters. The maximum absolute atomic E-state index is 12.3. The van der Waals surface area contributed by atoms with Gasteiger partial charge in [0.15, 0.2) is 5.69 Å². The molecule has 1 aromatic carbocycles. The Bertz CT molecular complexity index is 747. The van der Waals surface area contributed by atoms with E-state index in [0.29, 0.717) is 10.0 Å². The van der Waals surface area contributed by atoms with Gasteiger partial charge in [-0.1, -0.05) is 34.5 Å². The lowest BCUT2D eigenvalue weighted by molar-refractivity contribution is -0.132. The smallest absolute Gasteiger partial charge is 0.358 e. The van der Waals surface area contributed by atoms with Crippen LogP contribution in [0, 0.1) is 0 Å². The van der Waals surface area contributed by atoms with Crippen LogP contribution in [0.1, 0.15) is 29.0 Å². The molecule has 23 heavy (non-hydrogen) atoms. The number of carboxylic acids is 1. The van der Waals surface area contributed by atoms with Crippen molar-refractivity contribution in [3.8, 4) is 0 Å². The highest BCUT2D eigenvalue weighted by Crippen LogP contribution is 2.27. The molecule has 1 aromatic heterocycles. The number of amides is 1. The second kappa shape index (κ2) is 6.97. The first kappa shape index (κ1) is 17.2. The number of hydrogen-bond donors (Lipinski definition) is 1. The Labute approximate surface area is 142 Å². The van der Waals surface area contributed by atoms with Crippen molar-refractivity contribution in [2.24, 2.45) is 0 Å². The predicted octanol–water partition coefficient (Wildman–Crippen LogP) is 2.50. The molecule has 9 heteroatoms. The third-order valence-electron chi connectivity index (χ3n) is 3.46. The van der Waals surface area contributed by atoms with Gasteiger partial charge in [-0.3, -0.25) is 4.79 Å². The van der Waals surface area contributed by atoms with Crippen LogP contribution in [0.2, 0.25) is 10.0 Å². The average Bonchev–Trinajstić information content (AvgIpc) is 2.97. The first-order chi connectivity index (χ1) is 10.8. The van der Waals surface area contributed by atoms with Crippen molar-refractivity contribution in [2.45, 2.75) is 19.5 Å². The highest BCUT2D eigenvalue weighted by Gasteiger charge is 2.19. The maximum atomic E-state index is 12.3. The summed E-state index contributed by atoms with van der Waals surface area (Å²) in [6.07, 6.45) is 1.21. The van der Waals surface area contributed by atoms with Crippen LogP contribution in [0.4, 0.5) is 0 Å². The number of halogens is 2. The molecule has 0 aliphatic carbocycles. The molecule has 7 nitrogen and oxygen atoms in total. The molecular formula is C14H14Cl2N4O3. The van der Waals surface area contributed by atoms with E-state index in [-0.39, 0.29) is 24.2 Å². The molecule has 1 atom stereocenters. The average molecular weight is 357 g/mol. The SMILES string of the molecule is CC(c1ccc(Cl)c(Cl)c1)N(C)C(=O)Cn1cc(C(=O)O)nn1. The van der Waals surface area contributed by atoms with Crippen molar-refractivity contribution in [3.05, 3.63) is 45.7 Å².